The molecule has 1 saturated carbocycles. The molecule has 2 fully saturated rings. The van der Waals surface area contributed by atoms with Crippen LogP contribution in [0.4, 0.5) is 25.3 Å². The Morgan fingerprint density at radius 3 is 2.64 bits per heavy atom. The first-order chi connectivity index (χ1) is 15.9. The molecule has 1 atom stereocenters. The summed E-state index contributed by atoms with van der Waals surface area (Å²) in [5.41, 5.74) is 12.4. The molecule has 2 aromatic heterocycles. The lowest BCUT2D eigenvalue weighted by molar-refractivity contribution is 0.102. The van der Waals surface area contributed by atoms with Crippen LogP contribution in [0.5, 0.6) is 0 Å². The molecule has 3 aromatic rings. The van der Waals surface area contributed by atoms with Crippen molar-refractivity contribution in [3.05, 3.63) is 41.7 Å². The minimum absolute atomic E-state index is 0.0173. The average molecular weight is 474 g/mol. The first-order valence-corrected chi connectivity index (χ1v) is 11.8. The molecule has 1 aliphatic heterocycles. The smallest absolute Gasteiger partial charge is 0.277 e. The number of carbonyl (C=O) groups is 1. The summed E-state index contributed by atoms with van der Waals surface area (Å²) in [7, 11) is 0. The lowest BCUT2D eigenvalue weighted by Crippen LogP contribution is -2.29. The fraction of sp³-hybridized carbons (Fsp3) is 0.409. The van der Waals surface area contributed by atoms with E-state index in [4.69, 9.17) is 11.5 Å². The van der Waals surface area contributed by atoms with Crippen LogP contribution < -0.4 is 21.7 Å². The topological polar surface area (TPSA) is 115 Å². The summed E-state index contributed by atoms with van der Waals surface area (Å²) < 4.78 is 30.3. The van der Waals surface area contributed by atoms with Crippen LogP contribution in [-0.2, 0) is 0 Å². The highest BCUT2D eigenvalue weighted by Gasteiger charge is 2.32. The number of carbonyl (C=O) groups excluding carboxylic acids is 1. The van der Waals surface area contributed by atoms with Gasteiger partial charge in [0.05, 0.1) is 17.8 Å². The molecule has 8 nitrogen and oxygen atoms in total. The predicted molar refractivity (Wildman–Crippen MR) is 124 cm³/mol. The Morgan fingerprint density at radius 2 is 1.91 bits per heavy atom. The normalized spacial score (nSPS) is 18.9. The molecule has 11 heteroatoms. The predicted octanol–water partition coefficient (Wildman–Crippen LogP) is 3.77. The van der Waals surface area contributed by atoms with Gasteiger partial charge >= 0.3 is 0 Å². The highest BCUT2D eigenvalue weighted by molar-refractivity contribution is 7.19. The van der Waals surface area contributed by atoms with Crippen molar-refractivity contribution < 1.29 is 13.6 Å². The van der Waals surface area contributed by atoms with Gasteiger partial charge in [-0.15, -0.1) is 0 Å². The minimum Gasteiger partial charge on any atom is -0.389 e. The summed E-state index contributed by atoms with van der Waals surface area (Å²) in [6.45, 7) is 1.60. The van der Waals surface area contributed by atoms with E-state index in [0.29, 0.717) is 11.7 Å². The Bertz CT molecular complexity index is 1170. The number of anilines is 3. The van der Waals surface area contributed by atoms with Crippen molar-refractivity contribution in [3.8, 4) is 10.6 Å². The number of halogens is 2. The molecule has 2 aliphatic rings. The van der Waals surface area contributed by atoms with Crippen molar-refractivity contribution in [3.63, 3.8) is 0 Å². The van der Waals surface area contributed by atoms with E-state index in [1.54, 1.807) is 6.20 Å². The first-order valence-electron chi connectivity index (χ1n) is 11.0. The molecule has 33 heavy (non-hydrogen) atoms. The van der Waals surface area contributed by atoms with Crippen LogP contribution in [0.3, 0.4) is 0 Å². The summed E-state index contributed by atoms with van der Waals surface area (Å²) in [4.78, 5) is 19.5. The van der Waals surface area contributed by atoms with Gasteiger partial charge in [0.2, 0.25) is 0 Å². The monoisotopic (exact) mass is 473 g/mol. The lowest BCUT2D eigenvalue weighted by atomic mass is 10.1. The van der Waals surface area contributed by atoms with Crippen LogP contribution >= 0.6 is 11.3 Å². The highest BCUT2D eigenvalue weighted by atomic mass is 32.1. The Morgan fingerprint density at radius 1 is 1.15 bits per heavy atom. The van der Waals surface area contributed by atoms with Crippen molar-refractivity contribution in [1.82, 2.24) is 14.8 Å². The van der Waals surface area contributed by atoms with Crippen molar-refractivity contribution in [2.75, 3.05) is 29.0 Å². The molecule has 0 unspecified atom stereocenters. The number of benzene rings is 1. The van der Waals surface area contributed by atoms with E-state index < -0.39 is 17.5 Å². The third-order valence-corrected chi connectivity index (χ3v) is 6.93. The van der Waals surface area contributed by atoms with E-state index in [1.165, 1.54) is 6.07 Å². The van der Waals surface area contributed by atoms with Crippen LogP contribution in [0, 0.1) is 11.6 Å². The molecule has 0 spiro atoms. The average Bonchev–Trinajstić information content (AvgIpc) is 3.48. The summed E-state index contributed by atoms with van der Waals surface area (Å²) in [5.74, 6) is -1.21. The van der Waals surface area contributed by atoms with Gasteiger partial charge in [-0.05, 0) is 44.2 Å². The highest BCUT2D eigenvalue weighted by Crippen LogP contribution is 2.41. The number of nitrogens with two attached hydrogens (primary N) is 2. The molecule has 1 aliphatic carbocycles. The number of nitrogens with one attached hydrogen (secondary N) is 1. The fourth-order valence-corrected chi connectivity index (χ4v) is 5.04. The van der Waals surface area contributed by atoms with Gasteiger partial charge in [0.1, 0.15) is 27.3 Å². The van der Waals surface area contributed by atoms with E-state index in [1.807, 2.05) is 4.68 Å². The first kappa shape index (κ1) is 21.8. The van der Waals surface area contributed by atoms with Gasteiger partial charge in [-0.25, -0.2) is 18.4 Å². The number of nitrogen functional groups attached to an aromatic ring is 1. The number of rotatable bonds is 5. The standard InChI is InChI=1S/C22H25F2N7OS/c23-14-4-1-5-15(24)17(14)21-29-18(19(26)33-21)20(32)28-16-11-27-31(13-6-7-13)22(16)30-9-2-3-12(25)8-10-30/h1,4-5,11-13H,2-3,6-10,25-26H2,(H,28,32)/t12-/m0/s1. The number of nitrogens with zero attached hydrogens (tertiary/aromatic N) is 4. The molecule has 0 radical (unpaired) electrons. The van der Waals surface area contributed by atoms with Crippen LogP contribution in [0.1, 0.15) is 48.6 Å². The van der Waals surface area contributed by atoms with Gasteiger partial charge in [-0.3, -0.25) is 4.79 Å². The maximum Gasteiger partial charge on any atom is 0.277 e. The van der Waals surface area contributed by atoms with Gasteiger partial charge in [0.15, 0.2) is 11.5 Å². The number of hydrogen-bond acceptors (Lipinski definition) is 7. The van der Waals surface area contributed by atoms with Crippen LogP contribution in [0.15, 0.2) is 24.4 Å². The molecular formula is C22H25F2N7OS. The van der Waals surface area contributed by atoms with E-state index in [-0.39, 0.29) is 27.3 Å². The summed E-state index contributed by atoms with van der Waals surface area (Å²) >= 11 is 0.871. The van der Waals surface area contributed by atoms with E-state index in [0.717, 1.165) is 74.5 Å². The zero-order valence-electron chi connectivity index (χ0n) is 17.9. The summed E-state index contributed by atoms with van der Waals surface area (Å²) in [5, 5.41) is 7.51. The molecule has 5 N–H and O–H groups in total. The summed E-state index contributed by atoms with van der Waals surface area (Å²) in [6, 6.07) is 4.04. The SMILES string of the molecule is Nc1sc(-c2c(F)cccc2F)nc1C(=O)Nc1cnn(C2CC2)c1N1CCC[C@H](N)CC1. The van der Waals surface area contributed by atoms with Crippen molar-refractivity contribution in [1.29, 1.82) is 0 Å². The van der Waals surface area contributed by atoms with Gasteiger partial charge in [0, 0.05) is 19.1 Å². The second-order valence-corrected chi connectivity index (χ2v) is 9.55. The molecule has 3 heterocycles. The molecule has 174 valence electrons. The quantitative estimate of drug-likeness (QED) is 0.520. The fourth-order valence-electron chi connectivity index (χ4n) is 4.16. The van der Waals surface area contributed by atoms with Gasteiger partial charge < -0.3 is 21.7 Å². The van der Waals surface area contributed by atoms with E-state index >= 15 is 0 Å². The molecular weight excluding hydrogens is 448 g/mol. The third-order valence-electron chi connectivity index (χ3n) is 6.03. The Balaban J connectivity index is 1.43. The maximum absolute atomic E-state index is 14.2. The van der Waals surface area contributed by atoms with Gasteiger partial charge in [-0.2, -0.15) is 5.10 Å². The van der Waals surface area contributed by atoms with Crippen molar-refractivity contribution in [2.24, 2.45) is 5.73 Å². The van der Waals surface area contributed by atoms with Crippen molar-refractivity contribution >= 4 is 33.8 Å². The Hall–Kier alpha value is -3.05. The summed E-state index contributed by atoms with van der Waals surface area (Å²) in [6.07, 6.45) is 6.51. The Labute approximate surface area is 193 Å². The minimum atomic E-state index is -0.761. The lowest BCUT2D eigenvalue weighted by Gasteiger charge is -2.25. The van der Waals surface area contributed by atoms with Crippen LogP contribution in [-0.4, -0.2) is 39.8 Å². The molecule has 1 aromatic carbocycles. The molecule has 1 saturated heterocycles. The van der Waals surface area contributed by atoms with Crippen LogP contribution in [0.25, 0.3) is 10.6 Å². The second kappa shape index (κ2) is 8.71. The van der Waals surface area contributed by atoms with E-state index in [9.17, 15) is 13.6 Å². The third kappa shape index (κ3) is 4.30. The largest absolute Gasteiger partial charge is 0.389 e. The van der Waals surface area contributed by atoms with Gasteiger partial charge in [0.25, 0.3) is 5.91 Å². The van der Waals surface area contributed by atoms with E-state index in [2.05, 4.69) is 20.3 Å². The van der Waals surface area contributed by atoms with Gasteiger partial charge in [-0.1, -0.05) is 17.4 Å². The number of aromatic nitrogens is 3. The zero-order chi connectivity index (χ0) is 23.1. The molecule has 5 rings (SSSR count). The number of thiazole rings is 1. The Kier molecular flexibility index (Phi) is 5.75. The molecule has 1 amide bonds. The maximum atomic E-state index is 14.2. The second-order valence-electron chi connectivity index (χ2n) is 8.52. The van der Waals surface area contributed by atoms with Crippen molar-refractivity contribution in [2.45, 2.75) is 44.2 Å². The number of amides is 1. The van der Waals surface area contributed by atoms with Crippen LogP contribution in [0.2, 0.25) is 0 Å². The molecule has 0 bridgehead atoms. The number of hydrogen-bond donors (Lipinski definition) is 3. The zero-order valence-corrected chi connectivity index (χ0v) is 18.7.